The molecule has 1 aromatic heterocycles. The largest absolute Gasteiger partial charge is 0.370 e. The molecular weight excluding hydrogens is 276 g/mol. The molecule has 0 aliphatic rings. The van der Waals surface area contributed by atoms with Crippen LogP contribution in [0.4, 0.5) is 5.69 Å². The lowest BCUT2D eigenvalue weighted by molar-refractivity contribution is 0.391. The molecule has 1 atom stereocenters. The lowest BCUT2D eigenvalue weighted by atomic mass is 10.00. The van der Waals surface area contributed by atoms with Crippen molar-refractivity contribution in [2.75, 3.05) is 11.9 Å². The summed E-state index contributed by atoms with van der Waals surface area (Å²) in [6, 6.07) is 6.22. The second-order valence-corrected chi connectivity index (χ2v) is 5.87. The molecule has 1 heterocycles. The molecule has 0 aliphatic carbocycles. The molecule has 0 spiro atoms. The van der Waals surface area contributed by atoms with E-state index >= 15 is 0 Å². The highest BCUT2D eigenvalue weighted by molar-refractivity contribution is 5.92. The summed E-state index contributed by atoms with van der Waals surface area (Å²) in [5, 5.41) is 7.12. The number of nitrogens with one attached hydrogen (secondary N) is 1. The lowest BCUT2D eigenvalue weighted by Crippen LogP contribution is -2.23. The van der Waals surface area contributed by atoms with Gasteiger partial charge in [0.25, 0.3) is 0 Å². The Hall–Kier alpha value is -2.30. The number of nitrogens with two attached hydrogens (primary N) is 1. The van der Waals surface area contributed by atoms with E-state index in [0.29, 0.717) is 12.5 Å². The van der Waals surface area contributed by atoms with Gasteiger partial charge in [0.2, 0.25) is 0 Å². The zero-order valence-electron chi connectivity index (χ0n) is 13.9. The summed E-state index contributed by atoms with van der Waals surface area (Å²) in [4.78, 5) is 4.43. The topological polar surface area (TPSA) is 76.4 Å². The Kier molecular flexibility index (Phi) is 4.85. The minimum atomic E-state index is 0.214. The molecule has 3 N–H and O–H groups in total. The van der Waals surface area contributed by atoms with E-state index in [-0.39, 0.29) is 5.92 Å². The summed E-state index contributed by atoms with van der Waals surface area (Å²) in [5.74, 6) is 1.48. The summed E-state index contributed by atoms with van der Waals surface area (Å²) in [5.41, 5.74) is 11.4. The second-order valence-electron chi connectivity index (χ2n) is 5.87. The number of aryl methyl sites for hydroxylation is 4. The third-order valence-corrected chi connectivity index (χ3v) is 3.61. The predicted molar refractivity (Wildman–Crippen MR) is 90.4 cm³/mol. The van der Waals surface area contributed by atoms with Crippen molar-refractivity contribution in [3.8, 4) is 0 Å². The van der Waals surface area contributed by atoms with E-state index in [1.807, 2.05) is 26.0 Å². The Morgan fingerprint density at radius 2 is 1.86 bits per heavy atom. The summed E-state index contributed by atoms with van der Waals surface area (Å²) in [7, 11) is 0. The molecule has 2 aromatic rings. The highest BCUT2D eigenvalue weighted by atomic mass is 16.5. The van der Waals surface area contributed by atoms with Gasteiger partial charge in [0, 0.05) is 23.7 Å². The predicted octanol–water partition coefficient (Wildman–Crippen LogP) is 3.44. The maximum absolute atomic E-state index is 5.98. The van der Waals surface area contributed by atoms with E-state index in [0.717, 1.165) is 22.7 Å². The normalized spacial score (nSPS) is 13.2. The molecule has 1 aromatic carbocycles. The zero-order valence-corrected chi connectivity index (χ0v) is 13.9. The van der Waals surface area contributed by atoms with Crippen molar-refractivity contribution >= 4 is 11.6 Å². The van der Waals surface area contributed by atoms with Gasteiger partial charge in [0.1, 0.15) is 5.76 Å². The fourth-order valence-electron chi connectivity index (χ4n) is 2.75. The quantitative estimate of drug-likeness (QED) is 0.670. The van der Waals surface area contributed by atoms with Crippen LogP contribution < -0.4 is 11.1 Å². The molecular formula is C17H24N4O. The van der Waals surface area contributed by atoms with Gasteiger partial charge in [0.15, 0.2) is 5.96 Å². The van der Waals surface area contributed by atoms with Crippen LogP contribution in [-0.2, 0) is 0 Å². The fourth-order valence-corrected chi connectivity index (χ4v) is 2.75. The Balaban J connectivity index is 2.03. The monoisotopic (exact) mass is 300 g/mol. The van der Waals surface area contributed by atoms with Gasteiger partial charge < -0.3 is 15.6 Å². The van der Waals surface area contributed by atoms with Crippen LogP contribution in [0.2, 0.25) is 0 Å². The van der Waals surface area contributed by atoms with Crippen LogP contribution >= 0.6 is 0 Å². The summed E-state index contributed by atoms with van der Waals surface area (Å²) in [6.07, 6.45) is 0. The molecule has 2 rings (SSSR count). The van der Waals surface area contributed by atoms with Gasteiger partial charge in [0.05, 0.1) is 5.69 Å². The van der Waals surface area contributed by atoms with Crippen molar-refractivity contribution in [1.82, 2.24) is 5.16 Å². The SMILES string of the molecule is Cc1cc(C)cc(NC(N)=NCC(C)c2c(C)noc2C)c1. The third-order valence-electron chi connectivity index (χ3n) is 3.61. The highest BCUT2D eigenvalue weighted by Gasteiger charge is 2.15. The number of hydrogen-bond donors (Lipinski definition) is 2. The molecule has 1 unspecified atom stereocenters. The zero-order chi connectivity index (χ0) is 16.3. The summed E-state index contributed by atoms with van der Waals surface area (Å²) < 4.78 is 5.20. The van der Waals surface area contributed by atoms with Crippen LogP contribution in [0.3, 0.4) is 0 Å². The molecule has 118 valence electrons. The van der Waals surface area contributed by atoms with E-state index in [2.05, 4.69) is 42.3 Å². The smallest absolute Gasteiger partial charge is 0.193 e. The fraction of sp³-hybridized carbons (Fsp3) is 0.412. The number of aliphatic imine (C=N–C) groups is 1. The van der Waals surface area contributed by atoms with Crippen molar-refractivity contribution in [3.05, 3.63) is 46.3 Å². The van der Waals surface area contributed by atoms with Crippen LogP contribution in [0.1, 0.15) is 41.0 Å². The molecule has 0 radical (unpaired) electrons. The number of hydrogen-bond acceptors (Lipinski definition) is 3. The second kappa shape index (κ2) is 6.64. The average Bonchev–Trinajstić information content (AvgIpc) is 2.74. The van der Waals surface area contributed by atoms with Gasteiger partial charge in [-0.25, -0.2) is 0 Å². The molecule has 5 nitrogen and oxygen atoms in total. The Labute approximate surface area is 131 Å². The van der Waals surface area contributed by atoms with Gasteiger partial charge >= 0.3 is 0 Å². The molecule has 0 saturated carbocycles. The van der Waals surface area contributed by atoms with Crippen LogP contribution in [0, 0.1) is 27.7 Å². The van der Waals surface area contributed by atoms with Crippen molar-refractivity contribution < 1.29 is 4.52 Å². The van der Waals surface area contributed by atoms with Gasteiger partial charge in [-0.3, -0.25) is 4.99 Å². The van der Waals surface area contributed by atoms with Crippen molar-refractivity contribution in [2.24, 2.45) is 10.7 Å². The number of benzene rings is 1. The molecule has 0 saturated heterocycles. The van der Waals surface area contributed by atoms with Gasteiger partial charge in [-0.05, 0) is 51.0 Å². The van der Waals surface area contributed by atoms with Crippen molar-refractivity contribution in [2.45, 2.75) is 40.5 Å². The number of anilines is 1. The van der Waals surface area contributed by atoms with Crippen LogP contribution in [0.5, 0.6) is 0 Å². The first-order chi connectivity index (χ1) is 10.4. The lowest BCUT2D eigenvalue weighted by Gasteiger charge is -2.11. The minimum absolute atomic E-state index is 0.214. The van der Waals surface area contributed by atoms with Crippen LogP contribution in [-0.4, -0.2) is 17.7 Å². The first-order valence-corrected chi connectivity index (χ1v) is 7.45. The number of guanidine groups is 1. The standard InChI is InChI=1S/C17H24N4O/c1-10-6-11(2)8-15(7-10)20-17(18)19-9-12(3)16-13(4)21-22-14(16)5/h6-8,12H,9H2,1-5H3,(H3,18,19,20). The number of aromatic nitrogens is 1. The Bertz CT molecular complexity index is 648. The maximum Gasteiger partial charge on any atom is 0.193 e. The molecule has 0 bridgehead atoms. The first kappa shape index (κ1) is 16.1. The van der Waals surface area contributed by atoms with Gasteiger partial charge in [-0.15, -0.1) is 0 Å². The van der Waals surface area contributed by atoms with E-state index in [1.165, 1.54) is 11.1 Å². The Morgan fingerprint density at radius 1 is 1.23 bits per heavy atom. The van der Waals surface area contributed by atoms with E-state index in [9.17, 15) is 0 Å². The molecule has 0 aliphatic heterocycles. The van der Waals surface area contributed by atoms with Crippen molar-refractivity contribution in [1.29, 1.82) is 0 Å². The molecule has 0 amide bonds. The van der Waals surface area contributed by atoms with Gasteiger partial charge in [-0.1, -0.05) is 18.1 Å². The van der Waals surface area contributed by atoms with E-state index < -0.39 is 0 Å². The van der Waals surface area contributed by atoms with Crippen LogP contribution in [0.15, 0.2) is 27.7 Å². The summed E-state index contributed by atoms with van der Waals surface area (Å²) >= 11 is 0. The van der Waals surface area contributed by atoms with E-state index in [1.54, 1.807) is 0 Å². The third kappa shape index (κ3) is 3.87. The van der Waals surface area contributed by atoms with E-state index in [4.69, 9.17) is 10.3 Å². The molecule has 22 heavy (non-hydrogen) atoms. The molecule has 0 fully saturated rings. The number of nitrogens with zero attached hydrogens (tertiary/aromatic N) is 2. The average molecular weight is 300 g/mol. The van der Waals surface area contributed by atoms with Crippen LogP contribution in [0.25, 0.3) is 0 Å². The van der Waals surface area contributed by atoms with Crippen molar-refractivity contribution in [3.63, 3.8) is 0 Å². The van der Waals surface area contributed by atoms with Gasteiger partial charge in [-0.2, -0.15) is 0 Å². The number of rotatable bonds is 4. The molecule has 5 heteroatoms. The first-order valence-electron chi connectivity index (χ1n) is 7.45. The summed E-state index contributed by atoms with van der Waals surface area (Å²) in [6.45, 7) is 10.7. The maximum atomic E-state index is 5.98. The highest BCUT2D eigenvalue weighted by Crippen LogP contribution is 2.23. The Morgan fingerprint density at radius 3 is 2.41 bits per heavy atom. The minimum Gasteiger partial charge on any atom is -0.370 e.